The fourth-order valence-corrected chi connectivity index (χ4v) is 2.75. The van der Waals surface area contributed by atoms with E-state index in [9.17, 15) is 0 Å². The molecule has 0 aliphatic heterocycles. The van der Waals surface area contributed by atoms with Gasteiger partial charge in [0.15, 0.2) is 11.6 Å². The number of anilines is 1. The van der Waals surface area contributed by atoms with Crippen LogP contribution < -0.4 is 5.73 Å². The number of nitrogen functional groups attached to an aromatic ring is 1. The molecule has 21 heavy (non-hydrogen) atoms. The molecule has 2 aromatic carbocycles. The predicted molar refractivity (Wildman–Crippen MR) is 89.5 cm³/mol. The molecule has 0 unspecified atom stereocenters. The van der Waals surface area contributed by atoms with Gasteiger partial charge in [-0.3, -0.25) is 0 Å². The van der Waals surface area contributed by atoms with Crippen LogP contribution in [-0.4, -0.2) is 5.16 Å². The van der Waals surface area contributed by atoms with Crippen LogP contribution in [0.5, 0.6) is 0 Å². The maximum atomic E-state index is 6.04. The predicted octanol–water partition coefficient (Wildman–Crippen LogP) is 5.66. The minimum atomic E-state index is 0.318. The number of nitrogens with zero attached hydrogens (tertiary/aromatic N) is 1. The van der Waals surface area contributed by atoms with Crippen LogP contribution in [0.25, 0.3) is 22.5 Å². The number of hydrogen-bond donors (Lipinski definition) is 1. The lowest BCUT2D eigenvalue weighted by molar-refractivity contribution is 0.436. The van der Waals surface area contributed by atoms with E-state index < -0.39 is 0 Å². The Morgan fingerprint density at radius 3 is 2.57 bits per heavy atom. The topological polar surface area (TPSA) is 52.0 Å². The summed E-state index contributed by atoms with van der Waals surface area (Å²) in [6.07, 6.45) is 0. The zero-order valence-corrected chi connectivity index (χ0v) is 13.7. The van der Waals surface area contributed by atoms with E-state index in [1.54, 1.807) is 12.1 Å². The SMILES string of the molecule is Nc1noc(-c2ccc(Cl)c(Br)c2)c1-c1cccc(Cl)c1. The van der Waals surface area contributed by atoms with Crippen LogP contribution in [0.2, 0.25) is 10.0 Å². The molecular weight excluding hydrogens is 375 g/mol. The van der Waals surface area contributed by atoms with Gasteiger partial charge < -0.3 is 10.3 Å². The van der Waals surface area contributed by atoms with Crippen LogP contribution in [-0.2, 0) is 0 Å². The highest BCUT2D eigenvalue weighted by Gasteiger charge is 2.18. The quantitative estimate of drug-likeness (QED) is 0.621. The molecule has 0 bridgehead atoms. The lowest BCUT2D eigenvalue weighted by atomic mass is 10.0. The number of benzene rings is 2. The van der Waals surface area contributed by atoms with Crippen molar-refractivity contribution in [3.63, 3.8) is 0 Å². The number of nitrogens with two attached hydrogens (primary N) is 1. The average molecular weight is 384 g/mol. The smallest absolute Gasteiger partial charge is 0.176 e. The van der Waals surface area contributed by atoms with Crippen LogP contribution in [0.3, 0.4) is 0 Å². The monoisotopic (exact) mass is 382 g/mol. The van der Waals surface area contributed by atoms with Gasteiger partial charge in [0.25, 0.3) is 0 Å². The van der Waals surface area contributed by atoms with Crippen LogP contribution in [0.1, 0.15) is 0 Å². The molecule has 0 saturated heterocycles. The van der Waals surface area contributed by atoms with Gasteiger partial charge in [0.2, 0.25) is 0 Å². The van der Waals surface area contributed by atoms with E-state index in [0.717, 1.165) is 15.6 Å². The molecule has 0 radical (unpaired) electrons. The average Bonchev–Trinajstić information content (AvgIpc) is 2.84. The Hall–Kier alpha value is -1.49. The van der Waals surface area contributed by atoms with Crippen molar-refractivity contribution >= 4 is 44.9 Å². The normalized spacial score (nSPS) is 10.8. The zero-order valence-electron chi connectivity index (χ0n) is 10.6. The summed E-state index contributed by atoms with van der Waals surface area (Å²) < 4.78 is 6.16. The molecule has 0 fully saturated rings. The van der Waals surface area contributed by atoms with E-state index in [0.29, 0.717) is 27.2 Å². The number of rotatable bonds is 2. The van der Waals surface area contributed by atoms with Gasteiger partial charge in [0, 0.05) is 15.1 Å². The summed E-state index contributed by atoms with van der Waals surface area (Å²) in [4.78, 5) is 0. The first-order chi connectivity index (χ1) is 10.1. The standard InChI is InChI=1S/C15H9BrCl2N2O/c16-11-7-9(4-5-12(11)18)14-13(15(19)20-21-14)8-2-1-3-10(17)6-8/h1-7H,(H2,19,20). The number of hydrogen-bond acceptors (Lipinski definition) is 3. The first kappa shape index (κ1) is 14.4. The van der Waals surface area contributed by atoms with Crippen LogP contribution in [0, 0.1) is 0 Å². The molecule has 3 aromatic rings. The second-order valence-electron chi connectivity index (χ2n) is 4.41. The summed E-state index contributed by atoms with van der Waals surface area (Å²) in [5, 5.41) is 5.10. The highest BCUT2D eigenvalue weighted by atomic mass is 79.9. The summed E-state index contributed by atoms with van der Waals surface area (Å²) in [5.41, 5.74) is 8.33. The first-order valence-electron chi connectivity index (χ1n) is 6.03. The fraction of sp³-hybridized carbons (Fsp3) is 0. The van der Waals surface area contributed by atoms with Gasteiger partial charge in [-0.25, -0.2) is 0 Å². The lowest BCUT2D eigenvalue weighted by Gasteiger charge is -2.04. The first-order valence-corrected chi connectivity index (χ1v) is 7.57. The maximum Gasteiger partial charge on any atom is 0.176 e. The summed E-state index contributed by atoms with van der Waals surface area (Å²) in [6, 6.07) is 12.9. The molecule has 6 heteroatoms. The van der Waals surface area contributed by atoms with Crippen LogP contribution in [0.4, 0.5) is 5.82 Å². The van der Waals surface area contributed by atoms with Crippen molar-refractivity contribution in [1.29, 1.82) is 0 Å². The molecule has 0 aliphatic carbocycles. The lowest BCUT2D eigenvalue weighted by Crippen LogP contribution is -1.89. The van der Waals surface area contributed by atoms with Gasteiger partial charge >= 0.3 is 0 Å². The molecule has 0 aliphatic rings. The van der Waals surface area contributed by atoms with Crippen molar-refractivity contribution in [3.8, 4) is 22.5 Å². The number of aromatic nitrogens is 1. The van der Waals surface area contributed by atoms with E-state index in [-0.39, 0.29) is 0 Å². The second kappa shape index (κ2) is 5.72. The van der Waals surface area contributed by atoms with Crippen molar-refractivity contribution in [2.75, 3.05) is 5.73 Å². The third-order valence-corrected chi connectivity index (χ3v) is 4.46. The molecule has 3 rings (SSSR count). The van der Waals surface area contributed by atoms with Gasteiger partial charge in [-0.2, -0.15) is 0 Å². The highest BCUT2D eigenvalue weighted by Crippen LogP contribution is 2.39. The summed E-state index contributed by atoms with van der Waals surface area (Å²) >= 11 is 15.5. The molecule has 2 N–H and O–H groups in total. The zero-order chi connectivity index (χ0) is 15.0. The van der Waals surface area contributed by atoms with Crippen molar-refractivity contribution in [2.24, 2.45) is 0 Å². The summed E-state index contributed by atoms with van der Waals surface area (Å²) in [6.45, 7) is 0. The molecule has 1 heterocycles. The van der Waals surface area contributed by atoms with E-state index >= 15 is 0 Å². The maximum absolute atomic E-state index is 6.04. The molecular formula is C15H9BrCl2N2O. The van der Waals surface area contributed by atoms with Crippen molar-refractivity contribution in [3.05, 3.63) is 57.0 Å². The largest absolute Gasteiger partial charge is 0.380 e. The Balaban J connectivity index is 2.19. The Morgan fingerprint density at radius 1 is 1.05 bits per heavy atom. The Bertz CT molecular complexity index is 817. The van der Waals surface area contributed by atoms with E-state index in [1.165, 1.54) is 0 Å². The number of halogens is 3. The summed E-state index contributed by atoms with van der Waals surface area (Å²) in [7, 11) is 0. The van der Waals surface area contributed by atoms with Gasteiger partial charge in [0.1, 0.15) is 0 Å². The Labute approximate surface area is 139 Å². The molecule has 3 nitrogen and oxygen atoms in total. The van der Waals surface area contributed by atoms with E-state index in [1.807, 2.05) is 30.3 Å². The van der Waals surface area contributed by atoms with Gasteiger partial charge in [-0.1, -0.05) is 40.5 Å². The van der Waals surface area contributed by atoms with Gasteiger partial charge in [-0.15, -0.1) is 0 Å². The van der Waals surface area contributed by atoms with Crippen molar-refractivity contribution < 1.29 is 4.52 Å². The second-order valence-corrected chi connectivity index (χ2v) is 6.11. The molecule has 106 valence electrons. The molecule has 0 atom stereocenters. The van der Waals surface area contributed by atoms with Gasteiger partial charge in [-0.05, 0) is 51.8 Å². The summed E-state index contributed by atoms with van der Waals surface area (Å²) in [5.74, 6) is 0.894. The third-order valence-electron chi connectivity index (χ3n) is 3.01. The minimum Gasteiger partial charge on any atom is -0.380 e. The van der Waals surface area contributed by atoms with E-state index in [4.69, 9.17) is 33.5 Å². The highest BCUT2D eigenvalue weighted by molar-refractivity contribution is 9.10. The molecule has 0 amide bonds. The minimum absolute atomic E-state index is 0.318. The van der Waals surface area contributed by atoms with E-state index in [2.05, 4.69) is 21.1 Å². The molecule has 0 spiro atoms. The Morgan fingerprint density at radius 2 is 1.86 bits per heavy atom. The van der Waals surface area contributed by atoms with Crippen LogP contribution >= 0.6 is 39.1 Å². The molecule has 0 saturated carbocycles. The fourth-order valence-electron chi connectivity index (χ4n) is 2.06. The Kier molecular flexibility index (Phi) is 3.93. The third kappa shape index (κ3) is 2.79. The van der Waals surface area contributed by atoms with Crippen LogP contribution in [0.15, 0.2) is 51.5 Å². The van der Waals surface area contributed by atoms with Gasteiger partial charge in [0.05, 0.1) is 10.6 Å². The molecule has 1 aromatic heterocycles. The van der Waals surface area contributed by atoms with Crippen molar-refractivity contribution in [1.82, 2.24) is 5.16 Å². The van der Waals surface area contributed by atoms with Crippen molar-refractivity contribution in [2.45, 2.75) is 0 Å².